The highest BCUT2D eigenvalue weighted by Gasteiger charge is 2.06. The van der Waals surface area contributed by atoms with Crippen LogP contribution in [0.25, 0.3) is 11.1 Å². The second-order valence-electron chi connectivity index (χ2n) is 5.38. The number of hydrogen-bond acceptors (Lipinski definition) is 1. The van der Waals surface area contributed by atoms with Crippen molar-refractivity contribution in [2.24, 2.45) is 0 Å². The third-order valence-electron chi connectivity index (χ3n) is 3.72. The van der Waals surface area contributed by atoms with E-state index >= 15 is 0 Å². The van der Waals surface area contributed by atoms with E-state index in [0.29, 0.717) is 6.54 Å². The molecule has 0 saturated carbocycles. The van der Waals surface area contributed by atoms with Crippen LogP contribution in [0.1, 0.15) is 37.8 Å². The van der Waals surface area contributed by atoms with Gasteiger partial charge in [0.1, 0.15) is 5.82 Å². The summed E-state index contributed by atoms with van der Waals surface area (Å²) in [5, 5.41) is 3.27. The van der Waals surface area contributed by atoms with E-state index in [-0.39, 0.29) is 5.82 Å². The van der Waals surface area contributed by atoms with Crippen LogP contribution in [0.3, 0.4) is 0 Å². The molecule has 112 valence electrons. The maximum atomic E-state index is 13.5. The van der Waals surface area contributed by atoms with Gasteiger partial charge in [-0.15, -0.1) is 0 Å². The van der Waals surface area contributed by atoms with Crippen LogP contribution < -0.4 is 5.32 Å². The highest BCUT2D eigenvalue weighted by molar-refractivity contribution is 5.67. The van der Waals surface area contributed by atoms with Crippen LogP contribution in [-0.4, -0.2) is 6.54 Å². The molecule has 2 aromatic carbocycles. The molecule has 0 aliphatic heterocycles. The van der Waals surface area contributed by atoms with Crippen LogP contribution in [0.2, 0.25) is 0 Å². The lowest BCUT2D eigenvalue weighted by atomic mass is 9.97. The molecule has 0 spiro atoms. The first kappa shape index (κ1) is 15.7. The Morgan fingerprint density at radius 2 is 1.76 bits per heavy atom. The lowest BCUT2D eigenvalue weighted by Crippen LogP contribution is -2.12. The van der Waals surface area contributed by atoms with Crippen molar-refractivity contribution in [3.05, 3.63) is 59.4 Å². The van der Waals surface area contributed by atoms with E-state index in [2.05, 4.69) is 43.4 Å². The Kier molecular flexibility index (Phi) is 5.94. The van der Waals surface area contributed by atoms with Gasteiger partial charge in [-0.05, 0) is 53.8 Å². The topological polar surface area (TPSA) is 12.0 Å². The lowest BCUT2D eigenvalue weighted by Gasteiger charge is -2.11. The maximum absolute atomic E-state index is 13.5. The molecule has 0 amide bonds. The van der Waals surface area contributed by atoms with E-state index in [9.17, 15) is 4.39 Å². The van der Waals surface area contributed by atoms with Crippen molar-refractivity contribution in [3.8, 4) is 11.1 Å². The Morgan fingerprint density at radius 1 is 1.00 bits per heavy atom. The molecule has 0 heterocycles. The summed E-state index contributed by atoms with van der Waals surface area (Å²) < 4.78 is 13.5. The van der Waals surface area contributed by atoms with E-state index in [0.717, 1.165) is 29.7 Å². The van der Waals surface area contributed by atoms with E-state index < -0.39 is 0 Å². The third kappa shape index (κ3) is 4.40. The van der Waals surface area contributed by atoms with Crippen LogP contribution in [0, 0.1) is 5.82 Å². The summed E-state index contributed by atoms with van der Waals surface area (Å²) in [6.45, 7) is 5.84. The minimum Gasteiger partial charge on any atom is -0.313 e. The van der Waals surface area contributed by atoms with Gasteiger partial charge in [0.15, 0.2) is 0 Å². The van der Waals surface area contributed by atoms with Gasteiger partial charge < -0.3 is 5.32 Å². The molecule has 0 aliphatic carbocycles. The fraction of sp³-hybridized carbons (Fsp3) is 0.368. The molecule has 0 aliphatic rings. The summed E-state index contributed by atoms with van der Waals surface area (Å²) in [5.74, 6) is -0.175. The normalized spacial score (nSPS) is 10.8. The van der Waals surface area contributed by atoms with E-state index in [1.54, 1.807) is 6.07 Å². The standard InChI is InChI=1S/C19H24FN/c1-3-5-6-15-7-9-16(10-8-15)19-12-11-18(20)13-17(19)14-21-4-2/h7-13,21H,3-6,14H2,1-2H3. The SMILES string of the molecule is CCCCc1ccc(-c2ccc(F)cc2CNCC)cc1. The quantitative estimate of drug-likeness (QED) is 0.759. The summed E-state index contributed by atoms with van der Waals surface area (Å²) in [5.41, 5.74) is 4.65. The molecule has 0 radical (unpaired) electrons. The molecule has 21 heavy (non-hydrogen) atoms. The van der Waals surface area contributed by atoms with Crippen molar-refractivity contribution in [1.82, 2.24) is 5.32 Å². The van der Waals surface area contributed by atoms with Crippen LogP contribution in [0.15, 0.2) is 42.5 Å². The molecule has 2 rings (SSSR count). The van der Waals surface area contributed by atoms with Gasteiger partial charge in [-0.25, -0.2) is 4.39 Å². The Hall–Kier alpha value is -1.67. The van der Waals surface area contributed by atoms with Gasteiger partial charge in [0.25, 0.3) is 0 Å². The van der Waals surface area contributed by atoms with Crippen molar-refractivity contribution in [2.75, 3.05) is 6.54 Å². The minimum atomic E-state index is -0.175. The highest BCUT2D eigenvalue weighted by Crippen LogP contribution is 2.25. The predicted octanol–water partition coefficient (Wildman–Crippen LogP) is 4.94. The second-order valence-corrected chi connectivity index (χ2v) is 5.38. The van der Waals surface area contributed by atoms with Gasteiger partial charge in [0.2, 0.25) is 0 Å². The Labute approximate surface area is 127 Å². The van der Waals surface area contributed by atoms with E-state index in [1.807, 2.05) is 6.07 Å². The van der Waals surface area contributed by atoms with E-state index in [1.165, 1.54) is 24.5 Å². The summed E-state index contributed by atoms with van der Waals surface area (Å²) >= 11 is 0. The fourth-order valence-corrected chi connectivity index (χ4v) is 2.48. The molecule has 0 fully saturated rings. The molecule has 0 atom stereocenters. The van der Waals surface area contributed by atoms with Gasteiger partial charge >= 0.3 is 0 Å². The predicted molar refractivity (Wildman–Crippen MR) is 87.8 cm³/mol. The Morgan fingerprint density at radius 3 is 2.43 bits per heavy atom. The van der Waals surface area contributed by atoms with Crippen molar-refractivity contribution in [3.63, 3.8) is 0 Å². The molecule has 0 bridgehead atoms. The van der Waals surface area contributed by atoms with Gasteiger partial charge in [-0.1, -0.05) is 50.6 Å². The lowest BCUT2D eigenvalue weighted by molar-refractivity contribution is 0.622. The average molecular weight is 285 g/mol. The zero-order chi connectivity index (χ0) is 15.1. The van der Waals surface area contributed by atoms with Gasteiger partial charge in [0, 0.05) is 6.54 Å². The number of rotatable bonds is 7. The van der Waals surface area contributed by atoms with Gasteiger partial charge in [0.05, 0.1) is 0 Å². The molecule has 1 nitrogen and oxygen atoms in total. The molecule has 0 saturated heterocycles. The van der Waals surface area contributed by atoms with Gasteiger partial charge in [-0.3, -0.25) is 0 Å². The number of benzene rings is 2. The number of hydrogen-bond donors (Lipinski definition) is 1. The van der Waals surface area contributed by atoms with Crippen molar-refractivity contribution >= 4 is 0 Å². The maximum Gasteiger partial charge on any atom is 0.123 e. The molecule has 0 unspecified atom stereocenters. The fourth-order valence-electron chi connectivity index (χ4n) is 2.48. The Bertz CT molecular complexity index is 560. The van der Waals surface area contributed by atoms with Crippen LogP contribution >= 0.6 is 0 Å². The third-order valence-corrected chi connectivity index (χ3v) is 3.72. The number of halogens is 1. The molecule has 0 aromatic heterocycles. The summed E-state index contributed by atoms with van der Waals surface area (Å²) in [7, 11) is 0. The zero-order valence-corrected chi connectivity index (χ0v) is 13.0. The second kappa shape index (κ2) is 7.94. The first-order chi connectivity index (χ1) is 10.2. The molecular formula is C19H24FN. The van der Waals surface area contributed by atoms with Crippen molar-refractivity contribution < 1.29 is 4.39 Å². The first-order valence-corrected chi connectivity index (χ1v) is 7.83. The average Bonchev–Trinajstić information content (AvgIpc) is 2.51. The zero-order valence-electron chi connectivity index (χ0n) is 13.0. The minimum absolute atomic E-state index is 0.175. The molecular weight excluding hydrogens is 261 g/mol. The Balaban J connectivity index is 2.24. The van der Waals surface area contributed by atoms with Crippen LogP contribution in [0.4, 0.5) is 4.39 Å². The van der Waals surface area contributed by atoms with E-state index in [4.69, 9.17) is 0 Å². The number of unbranched alkanes of at least 4 members (excludes halogenated alkanes) is 1. The number of aryl methyl sites for hydroxylation is 1. The first-order valence-electron chi connectivity index (χ1n) is 7.83. The molecule has 1 N–H and O–H groups in total. The van der Waals surface area contributed by atoms with Crippen molar-refractivity contribution in [1.29, 1.82) is 0 Å². The highest BCUT2D eigenvalue weighted by atomic mass is 19.1. The summed E-state index contributed by atoms with van der Waals surface area (Å²) in [4.78, 5) is 0. The summed E-state index contributed by atoms with van der Waals surface area (Å²) in [6, 6.07) is 13.7. The van der Waals surface area contributed by atoms with Crippen LogP contribution in [-0.2, 0) is 13.0 Å². The van der Waals surface area contributed by atoms with Crippen LogP contribution in [0.5, 0.6) is 0 Å². The van der Waals surface area contributed by atoms with Crippen molar-refractivity contribution in [2.45, 2.75) is 39.7 Å². The largest absolute Gasteiger partial charge is 0.313 e. The summed E-state index contributed by atoms with van der Waals surface area (Å²) in [6.07, 6.45) is 3.57. The molecule has 2 heteroatoms. The molecule has 2 aromatic rings. The monoisotopic (exact) mass is 285 g/mol. The van der Waals surface area contributed by atoms with Gasteiger partial charge in [-0.2, -0.15) is 0 Å². The number of nitrogens with one attached hydrogen (secondary N) is 1. The smallest absolute Gasteiger partial charge is 0.123 e.